The van der Waals surface area contributed by atoms with E-state index in [9.17, 15) is 4.79 Å². The third-order valence-corrected chi connectivity index (χ3v) is 3.61. The van der Waals surface area contributed by atoms with Gasteiger partial charge in [0.2, 0.25) is 16.5 Å². The number of nitrogens with one attached hydrogen (secondary N) is 1. The van der Waals surface area contributed by atoms with Crippen molar-refractivity contribution < 1.29 is 4.79 Å². The molecule has 0 aromatic carbocycles. The smallest absolute Gasteiger partial charge is 0.248 e. The van der Waals surface area contributed by atoms with Gasteiger partial charge < -0.3 is 5.32 Å². The molecule has 108 valence electrons. The van der Waals surface area contributed by atoms with Crippen LogP contribution in [0.4, 0.5) is 5.13 Å². The fourth-order valence-electron chi connectivity index (χ4n) is 1.37. The highest BCUT2D eigenvalue weighted by Gasteiger charge is 2.18. The van der Waals surface area contributed by atoms with Crippen molar-refractivity contribution in [2.45, 2.75) is 32.7 Å². The summed E-state index contributed by atoms with van der Waals surface area (Å²) in [6, 6.07) is 0. The van der Waals surface area contributed by atoms with E-state index in [0.29, 0.717) is 5.13 Å². The van der Waals surface area contributed by atoms with Gasteiger partial charge in [0, 0.05) is 10.8 Å². The summed E-state index contributed by atoms with van der Waals surface area (Å²) in [5.41, 5.74) is 0.877. The summed E-state index contributed by atoms with van der Waals surface area (Å²) < 4.78 is 1.22. The molecule has 0 saturated heterocycles. The summed E-state index contributed by atoms with van der Waals surface area (Å²) >= 11 is 12.7. The molecule has 0 fully saturated rings. The number of carbonyl (C=O) groups is 1. The summed E-state index contributed by atoms with van der Waals surface area (Å²) in [5.74, 6) is -0.289. The number of thiazole rings is 1. The predicted octanol–water partition coefficient (Wildman–Crippen LogP) is 2.98. The van der Waals surface area contributed by atoms with Crippen molar-refractivity contribution >= 4 is 45.6 Å². The van der Waals surface area contributed by atoms with Gasteiger partial charge in [0.15, 0.2) is 5.13 Å². The van der Waals surface area contributed by atoms with Gasteiger partial charge in [0.1, 0.15) is 6.54 Å². The van der Waals surface area contributed by atoms with Crippen LogP contribution in [0.5, 0.6) is 0 Å². The first-order chi connectivity index (χ1) is 9.25. The maximum absolute atomic E-state index is 11.9. The molecule has 1 amide bonds. The van der Waals surface area contributed by atoms with Crippen LogP contribution in [0.3, 0.4) is 0 Å². The lowest BCUT2D eigenvalue weighted by atomic mass is 9.93. The summed E-state index contributed by atoms with van der Waals surface area (Å²) in [5, 5.41) is 9.04. The number of carbonyl (C=O) groups excluding carboxylic acids is 1. The van der Waals surface area contributed by atoms with E-state index in [-0.39, 0.29) is 28.4 Å². The molecule has 0 aliphatic carbocycles. The zero-order valence-corrected chi connectivity index (χ0v) is 13.5. The van der Waals surface area contributed by atoms with Crippen LogP contribution in [0.2, 0.25) is 10.6 Å². The number of aromatic nitrogens is 4. The van der Waals surface area contributed by atoms with Crippen molar-refractivity contribution in [3.8, 4) is 0 Å². The van der Waals surface area contributed by atoms with E-state index >= 15 is 0 Å². The van der Waals surface area contributed by atoms with Gasteiger partial charge in [-0.25, -0.2) is 9.67 Å². The van der Waals surface area contributed by atoms with Crippen LogP contribution < -0.4 is 5.32 Å². The van der Waals surface area contributed by atoms with Gasteiger partial charge in [-0.15, -0.1) is 16.4 Å². The minimum absolute atomic E-state index is 0.00654. The molecule has 0 bridgehead atoms. The van der Waals surface area contributed by atoms with E-state index in [1.54, 1.807) is 0 Å². The molecule has 0 aliphatic heterocycles. The molecule has 2 aromatic rings. The normalized spacial score (nSPS) is 11.7. The van der Waals surface area contributed by atoms with E-state index in [0.717, 1.165) is 5.69 Å². The van der Waals surface area contributed by atoms with Gasteiger partial charge in [0.05, 0.1) is 5.69 Å². The number of nitrogens with zero attached hydrogens (tertiary/aromatic N) is 4. The Hall–Kier alpha value is -1.18. The Balaban J connectivity index is 2.01. The van der Waals surface area contributed by atoms with Crippen LogP contribution >= 0.6 is 34.5 Å². The Bertz CT molecular complexity index is 631. The van der Waals surface area contributed by atoms with Gasteiger partial charge in [-0.1, -0.05) is 20.8 Å². The van der Waals surface area contributed by atoms with Crippen LogP contribution in [-0.4, -0.2) is 25.7 Å². The zero-order valence-electron chi connectivity index (χ0n) is 11.1. The first-order valence-electron chi connectivity index (χ1n) is 5.77. The lowest BCUT2D eigenvalue weighted by Gasteiger charge is -2.14. The van der Waals surface area contributed by atoms with Gasteiger partial charge in [-0.05, 0) is 23.2 Å². The molecule has 1 N–H and O–H groups in total. The highest BCUT2D eigenvalue weighted by molar-refractivity contribution is 7.13. The maximum Gasteiger partial charge on any atom is 0.248 e. The van der Waals surface area contributed by atoms with Gasteiger partial charge in [0.25, 0.3) is 0 Å². The fraction of sp³-hybridized carbons (Fsp3) is 0.455. The average Bonchev–Trinajstić information content (AvgIpc) is 2.86. The summed E-state index contributed by atoms with van der Waals surface area (Å²) in [6.07, 6.45) is 0. The van der Waals surface area contributed by atoms with Gasteiger partial charge >= 0.3 is 0 Å². The second-order valence-corrected chi connectivity index (χ2v) is 6.68. The van der Waals surface area contributed by atoms with Gasteiger partial charge in [-0.3, -0.25) is 4.79 Å². The third kappa shape index (κ3) is 3.68. The van der Waals surface area contributed by atoms with E-state index in [1.807, 2.05) is 5.38 Å². The highest BCUT2D eigenvalue weighted by atomic mass is 35.5. The standard InChI is InChI=1S/C11H13Cl2N5OS/c1-11(2,3)6-5-20-10(14-6)15-7(19)4-18-9(13)16-8(12)17-18/h5H,4H2,1-3H3,(H,14,15,19). The topological polar surface area (TPSA) is 72.7 Å². The lowest BCUT2D eigenvalue weighted by Crippen LogP contribution is -2.20. The van der Waals surface area contributed by atoms with Crippen molar-refractivity contribution in [3.05, 3.63) is 21.6 Å². The summed E-state index contributed by atoms with van der Waals surface area (Å²) in [6.45, 7) is 6.11. The molecule has 20 heavy (non-hydrogen) atoms. The molecule has 0 unspecified atom stereocenters. The SMILES string of the molecule is CC(C)(C)c1csc(NC(=O)Cn2nc(Cl)nc2Cl)n1. The van der Waals surface area contributed by atoms with Crippen LogP contribution in [0.15, 0.2) is 5.38 Å². The number of amides is 1. The number of halogens is 2. The second kappa shape index (κ2) is 5.67. The third-order valence-electron chi connectivity index (χ3n) is 2.41. The van der Waals surface area contributed by atoms with E-state index < -0.39 is 0 Å². The fourth-order valence-corrected chi connectivity index (χ4v) is 2.71. The molecule has 2 heterocycles. The Morgan fingerprint density at radius 2 is 2.10 bits per heavy atom. The summed E-state index contributed by atoms with van der Waals surface area (Å²) in [4.78, 5) is 19.9. The van der Waals surface area contributed by atoms with E-state index in [2.05, 4.69) is 41.2 Å². The molecular weight excluding hydrogens is 321 g/mol. The molecule has 0 spiro atoms. The predicted molar refractivity (Wildman–Crippen MR) is 79.5 cm³/mol. The minimum Gasteiger partial charge on any atom is -0.300 e. The Labute approximate surface area is 130 Å². The van der Waals surface area contributed by atoms with Crippen molar-refractivity contribution in [1.29, 1.82) is 0 Å². The van der Waals surface area contributed by atoms with Crippen LogP contribution in [0.1, 0.15) is 26.5 Å². The zero-order chi connectivity index (χ0) is 14.9. The molecule has 2 aromatic heterocycles. The van der Waals surface area contributed by atoms with Crippen molar-refractivity contribution in [2.75, 3.05) is 5.32 Å². The molecule has 0 saturated carbocycles. The number of rotatable bonds is 3. The van der Waals surface area contributed by atoms with Crippen LogP contribution in [0.25, 0.3) is 0 Å². The lowest BCUT2D eigenvalue weighted by molar-refractivity contribution is -0.116. The van der Waals surface area contributed by atoms with Crippen molar-refractivity contribution in [1.82, 2.24) is 19.7 Å². The summed E-state index contributed by atoms with van der Waals surface area (Å²) in [7, 11) is 0. The minimum atomic E-state index is -0.289. The van der Waals surface area contributed by atoms with Crippen LogP contribution in [-0.2, 0) is 16.8 Å². The molecule has 0 atom stereocenters. The Morgan fingerprint density at radius 1 is 1.40 bits per heavy atom. The molecule has 0 radical (unpaired) electrons. The van der Waals surface area contributed by atoms with Crippen molar-refractivity contribution in [3.63, 3.8) is 0 Å². The first kappa shape index (κ1) is 15.2. The molecule has 0 aliphatic rings. The van der Waals surface area contributed by atoms with Crippen LogP contribution in [0, 0.1) is 0 Å². The molecule has 2 rings (SSSR count). The largest absolute Gasteiger partial charge is 0.300 e. The molecule has 6 nitrogen and oxygen atoms in total. The van der Waals surface area contributed by atoms with Crippen molar-refractivity contribution in [2.24, 2.45) is 0 Å². The monoisotopic (exact) mass is 333 g/mol. The number of anilines is 1. The average molecular weight is 334 g/mol. The maximum atomic E-state index is 11.9. The number of hydrogen-bond donors (Lipinski definition) is 1. The first-order valence-corrected chi connectivity index (χ1v) is 7.41. The second-order valence-electron chi connectivity index (χ2n) is 5.14. The Morgan fingerprint density at radius 3 is 2.60 bits per heavy atom. The quantitative estimate of drug-likeness (QED) is 0.937. The molecule has 9 heteroatoms. The van der Waals surface area contributed by atoms with E-state index in [4.69, 9.17) is 23.2 Å². The van der Waals surface area contributed by atoms with E-state index in [1.165, 1.54) is 16.0 Å². The highest BCUT2D eigenvalue weighted by Crippen LogP contribution is 2.26. The van der Waals surface area contributed by atoms with Gasteiger partial charge in [-0.2, -0.15) is 4.98 Å². The molecular formula is C11H13Cl2N5OS. The number of hydrogen-bond acceptors (Lipinski definition) is 5. The Kier molecular flexibility index (Phi) is 4.31.